The fraction of sp³-hybridized carbons (Fsp3) is 0.333. The first-order valence-corrected chi connectivity index (χ1v) is 9.45. The van der Waals surface area contributed by atoms with Gasteiger partial charge < -0.3 is 14.2 Å². The van der Waals surface area contributed by atoms with Crippen molar-refractivity contribution in [2.24, 2.45) is 0 Å². The highest BCUT2D eigenvalue weighted by Crippen LogP contribution is 2.35. The molecule has 0 spiro atoms. The molecule has 1 aliphatic heterocycles. The number of rotatable bonds is 4. The molecule has 0 N–H and O–H groups in total. The summed E-state index contributed by atoms with van der Waals surface area (Å²) in [7, 11) is 0. The number of anilines is 1. The Morgan fingerprint density at radius 2 is 1.69 bits per heavy atom. The van der Waals surface area contributed by atoms with E-state index in [-0.39, 0.29) is 47.7 Å². The van der Waals surface area contributed by atoms with Gasteiger partial charge in [-0.05, 0) is 12.1 Å². The van der Waals surface area contributed by atoms with Crippen LogP contribution in [0.4, 0.5) is 32.3 Å². The third-order valence-corrected chi connectivity index (χ3v) is 5.07. The van der Waals surface area contributed by atoms with E-state index < -0.39 is 30.3 Å². The minimum atomic E-state index is -4.60. The van der Waals surface area contributed by atoms with E-state index in [0.29, 0.717) is 0 Å². The van der Waals surface area contributed by atoms with Crippen molar-refractivity contribution in [1.29, 1.82) is 0 Å². The van der Waals surface area contributed by atoms with Crippen LogP contribution in [0.15, 0.2) is 30.6 Å². The zero-order valence-electron chi connectivity index (χ0n) is 16.0. The van der Waals surface area contributed by atoms with Crippen LogP contribution in [-0.4, -0.2) is 31.3 Å². The van der Waals surface area contributed by atoms with Crippen molar-refractivity contribution >= 4 is 17.5 Å². The summed E-state index contributed by atoms with van der Waals surface area (Å²) < 4.78 is 84.7. The zero-order chi connectivity index (χ0) is 23.1. The van der Waals surface area contributed by atoms with Gasteiger partial charge in [0.15, 0.2) is 11.6 Å². The highest BCUT2D eigenvalue weighted by molar-refractivity contribution is 6.31. The van der Waals surface area contributed by atoms with Crippen molar-refractivity contribution < 1.29 is 31.1 Å². The average molecular weight is 479 g/mol. The summed E-state index contributed by atoms with van der Waals surface area (Å²) in [5.41, 5.74) is -1.13. The Hall–Kier alpha value is -3.09. The van der Waals surface area contributed by atoms with Crippen molar-refractivity contribution in [1.82, 2.24) is 24.7 Å². The summed E-state index contributed by atoms with van der Waals surface area (Å²) in [4.78, 5) is 9.78. The number of hydrogen-bond donors (Lipinski definition) is 0. The number of nitrogens with zero attached hydrogens (tertiary/aromatic N) is 6. The largest absolute Gasteiger partial charge is 0.486 e. The molecule has 0 aliphatic carbocycles. The van der Waals surface area contributed by atoms with Gasteiger partial charge in [0.1, 0.15) is 6.61 Å². The Kier molecular flexibility index (Phi) is 5.61. The Labute approximate surface area is 181 Å². The van der Waals surface area contributed by atoms with Gasteiger partial charge in [0.2, 0.25) is 11.8 Å². The molecule has 3 aromatic rings. The smallest absolute Gasteiger partial charge is 0.451 e. The number of hydrogen-bond acceptors (Lipinski definition) is 6. The van der Waals surface area contributed by atoms with Crippen LogP contribution < -0.4 is 9.64 Å². The fourth-order valence-corrected chi connectivity index (χ4v) is 3.44. The second-order valence-corrected chi connectivity index (χ2v) is 7.19. The normalized spacial score (nSPS) is 14.4. The van der Waals surface area contributed by atoms with Gasteiger partial charge in [-0.2, -0.15) is 26.3 Å². The highest BCUT2D eigenvalue weighted by atomic mass is 35.5. The molecule has 7 nitrogen and oxygen atoms in total. The van der Waals surface area contributed by atoms with Crippen LogP contribution in [0, 0.1) is 0 Å². The van der Waals surface area contributed by atoms with E-state index >= 15 is 0 Å². The molecular formula is C18H13ClF6N6O. The molecule has 1 aromatic carbocycles. The minimum Gasteiger partial charge on any atom is -0.486 e. The van der Waals surface area contributed by atoms with Crippen molar-refractivity contribution in [3.05, 3.63) is 58.4 Å². The molecule has 0 unspecified atom stereocenters. The standard InChI is InChI=1S/C18H13ClF6N6O/c19-13-3-1-2-12(17(20,21)22)11(13)9-32-10-6-26-16(27-7-10)30-4-5-31-14(8-30)28-29-15(31)18(23,24)25/h1-3,6-7H,4-5,8-9H2. The maximum atomic E-state index is 13.2. The molecule has 32 heavy (non-hydrogen) atoms. The molecular weight excluding hydrogens is 466 g/mol. The fourth-order valence-electron chi connectivity index (χ4n) is 3.21. The lowest BCUT2D eigenvalue weighted by Crippen LogP contribution is -2.36. The Morgan fingerprint density at radius 1 is 0.969 bits per heavy atom. The van der Waals surface area contributed by atoms with Crippen LogP contribution in [0.3, 0.4) is 0 Å². The quantitative estimate of drug-likeness (QED) is 0.519. The molecule has 0 saturated carbocycles. The van der Waals surface area contributed by atoms with Gasteiger partial charge >= 0.3 is 12.4 Å². The molecule has 3 heterocycles. The number of halogens is 7. The van der Waals surface area contributed by atoms with E-state index in [1.54, 1.807) is 4.90 Å². The molecule has 14 heteroatoms. The van der Waals surface area contributed by atoms with Crippen LogP contribution in [0.1, 0.15) is 22.8 Å². The molecule has 0 bridgehead atoms. The third kappa shape index (κ3) is 4.42. The lowest BCUT2D eigenvalue weighted by Gasteiger charge is -2.27. The number of fused-ring (bicyclic) bond motifs is 1. The summed E-state index contributed by atoms with van der Waals surface area (Å²) >= 11 is 5.90. The number of alkyl halides is 6. The van der Waals surface area contributed by atoms with Crippen molar-refractivity contribution in [3.8, 4) is 5.75 Å². The second kappa shape index (κ2) is 8.11. The molecule has 0 amide bonds. The van der Waals surface area contributed by atoms with Crippen LogP contribution in [0.5, 0.6) is 5.75 Å². The molecule has 0 fully saturated rings. The average Bonchev–Trinajstić information content (AvgIpc) is 3.16. The molecule has 2 aromatic heterocycles. The van der Waals surface area contributed by atoms with Gasteiger partial charge in [0.05, 0.1) is 24.5 Å². The van der Waals surface area contributed by atoms with E-state index in [4.69, 9.17) is 16.3 Å². The van der Waals surface area contributed by atoms with Gasteiger partial charge in [-0.1, -0.05) is 17.7 Å². The Bertz CT molecular complexity index is 1110. The van der Waals surface area contributed by atoms with E-state index in [2.05, 4.69) is 20.2 Å². The molecule has 0 radical (unpaired) electrons. The predicted octanol–water partition coefficient (Wildman–Crippen LogP) is 4.36. The van der Waals surface area contributed by atoms with Crippen LogP contribution in [0.25, 0.3) is 0 Å². The van der Waals surface area contributed by atoms with Gasteiger partial charge in [-0.3, -0.25) is 0 Å². The van der Waals surface area contributed by atoms with E-state index in [9.17, 15) is 26.3 Å². The second-order valence-electron chi connectivity index (χ2n) is 6.78. The monoisotopic (exact) mass is 478 g/mol. The van der Waals surface area contributed by atoms with Crippen molar-refractivity contribution in [2.75, 3.05) is 11.4 Å². The van der Waals surface area contributed by atoms with Gasteiger partial charge in [0.25, 0.3) is 0 Å². The first-order valence-electron chi connectivity index (χ1n) is 9.07. The minimum absolute atomic E-state index is 0.00842. The van der Waals surface area contributed by atoms with Crippen molar-refractivity contribution in [2.45, 2.75) is 32.0 Å². The summed E-state index contributed by atoms with van der Waals surface area (Å²) in [5, 5.41) is 6.70. The van der Waals surface area contributed by atoms with E-state index in [1.165, 1.54) is 24.5 Å². The summed E-state index contributed by atoms with van der Waals surface area (Å²) in [6.45, 7) is -0.267. The molecule has 4 rings (SSSR count). The SMILES string of the molecule is FC(F)(F)c1cccc(Cl)c1COc1cnc(N2CCn3c(nnc3C(F)(F)F)C2)nc1. The highest BCUT2D eigenvalue weighted by Gasteiger charge is 2.39. The lowest BCUT2D eigenvalue weighted by atomic mass is 10.1. The predicted molar refractivity (Wildman–Crippen MR) is 98.9 cm³/mol. The first kappa shape index (κ1) is 22.1. The van der Waals surface area contributed by atoms with E-state index in [1.807, 2.05) is 0 Å². The number of ether oxygens (including phenoxy) is 1. The maximum absolute atomic E-state index is 13.2. The Morgan fingerprint density at radius 3 is 2.34 bits per heavy atom. The van der Waals surface area contributed by atoms with Crippen molar-refractivity contribution in [3.63, 3.8) is 0 Å². The summed E-state index contributed by atoms with van der Waals surface area (Å²) in [6, 6.07) is 3.43. The first-order chi connectivity index (χ1) is 15.0. The van der Waals surface area contributed by atoms with Gasteiger partial charge in [-0.15, -0.1) is 10.2 Å². The van der Waals surface area contributed by atoms with Crippen LogP contribution in [-0.2, 0) is 32.0 Å². The zero-order valence-corrected chi connectivity index (χ0v) is 16.7. The maximum Gasteiger partial charge on any atom is 0.451 e. The molecule has 1 aliphatic rings. The summed E-state index contributed by atoms with van der Waals surface area (Å²) in [5.74, 6) is -0.643. The van der Waals surface area contributed by atoms with E-state index in [0.717, 1.165) is 10.6 Å². The number of benzene rings is 1. The lowest BCUT2D eigenvalue weighted by molar-refractivity contribution is -0.147. The number of aromatic nitrogens is 5. The summed E-state index contributed by atoms with van der Waals surface area (Å²) in [6.07, 6.45) is -6.68. The van der Waals surface area contributed by atoms with Crippen LogP contribution >= 0.6 is 11.6 Å². The Balaban J connectivity index is 1.45. The molecule has 0 atom stereocenters. The third-order valence-electron chi connectivity index (χ3n) is 4.71. The molecule has 170 valence electrons. The topological polar surface area (TPSA) is 69.0 Å². The van der Waals surface area contributed by atoms with Gasteiger partial charge in [-0.25, -0.2) is 9.97 Å². The molecule has 0 saturated heterocycles. The van der Waals surface area contributed by atoms with Crippen LogP contribution in [0.2, 0.25) is 5.02 Å². The van der Waals surface area contributed by atoms with Gasteiger partial charge in [0, 0.05) is 23.7 Å².